The highest BCUT2D eigenvalue weighted by atomic mass is 79.9. The van der Waals surface area contributed by atoms with Gasteiger partial charge in [0.05, 0.1) is 16.5 Å². The van der Waals surface area contributed by atoms with Crippen molar-refractivity contribution in [3.05, 3.63) is 35.9 Å². The number of rotatable bonds is 4. The molecule has 0 aromatic heterocycles. The van der Waals surface area contributed by atoms with Crippen molar-refractivity contribution in [1.82, 2.24) is 0 Å². The molecule has 1 aromatic rings. The fraction of sp³-hybridized carbons (Fsp3) is 0.632. The molecule has 26 heavy (non-hydrogen) atoms. The number of benzene rings is 1. The molecule has 0 aliphatic carbocycles. The van der Waals surface area contributed by atoms with Crippen LogP contribution < -0.4 is 0 Å². The van der Waals surface area contributed by atoms with Gasteiger partial charge in [-0.3, -0.25) is 0 Å². The number of halogens is 1. The van der Waals surface area contributed by atoms with Crippen molar-refractivity contribution in [1.29, 1.82) is 0 Å². The van der Waals surface area contributed by atoms with Gasteiger partial charge in [-0.15, -0.1) is 0 Å². The van der Waals surface area contributed by atoms with E-state index in [1.807, 2.05) is 6.07 Å². The third kappa shape index (κ3) is 4.75. The van der Waals surface area contributed by atoms with E-state index in [9.17, 15) is 9.90 Å². The number of esters is 1. The minimum atomic E-state index is -2.15. The van der Waals surface area contributed by atoms with Gasteiger partial charge in [0.15, 0.2) is 20.7 Å². The van der Waals surface area contributed by atoms with E-state index in [0.717, 1.165) is 0 Å². The van der Waals surface area contributed by atoms with Crippen molar-refractivity contribution in [2.75, 3.05) is 0 Å². The number of hydrogen-bond acceptors (Lipinski definition) is 5. The Morgan fingerprint density at radius 1 is 1.19 bits per heavy atom. The SMILES string of the molecule is C[C@H]1O[C@H](O)[C@H](Br)[C@@H](O[Si](C)(C)C(C)(C)C)[C@@H]1OC(=O)c1ccccc1. The first kappa shape index (κ1) is 21.6. The van der Waals surface area contributed by atoms with Gasteiger partial charge >= 0.3 is 5.97 Å². The maximum Gasteiger partial charge on any atom is 0.338 e. The van der Waals surface area contributed by atoms with Gasteiger partial charge in [-0.2, -0.15) is 0 Å². The molecule has 0 spiro atoms. The van der Waals surface area contributed by atoms with Crippen LogP contribution in [0.5, 0.6) is 0 Å². The minimum absolute atomic E-state index is 0.0137. The Bertz CT molecular complexity index is 616. The number of carbonyl (C=O) groups is 1. The molecule has 1 fully saturated rings. The quantitative estimate of drug-likeness (QED) is 0.430. The minimum Gasteiger partial charge on any atom is -0.453 e. The monoisotopic (exact) mass is 444 g/mol. The molecule has 2 rings (SSSR count). The van der Waals surface area contributed by atoms with E-state index in [0.29, 0.717) is 5.56 Å². The lowest BCUT2D eigenvalue weighted by Crippen LogP contribution is -2.60. The Kier molecular flexibility index (Phi) is 6.72. The lowest BCUT2D eigenvalue weighted by atomic mass is 10.0. The van der Waals surface area contributed by atoms with Crippen LogP contribution in [-0.2, 0) is 13.9 Å². The van der Waals surface area contributed by atoms with Crippen LogP contribution >= 0.6 is 15.9 Å². The van der Waals surface area contributed by atoms with Crippen molar-refractivity contribution in [3.8, 4) is 0 Å². The number of aliphatic hydroxyl groups is 1. The van der Waals surface area contributed by atoms with Gasteiger partial charge in [0.25, 0.3) is 0 Å². The van der Waals surface area contributed by atoms with Crippen molar-refractivity contribution in [2.45, 2.75) is 75.3 Å². The zero-order valence-electron chi connectivity index (χ0n) is 16.2. The first-order chi connectivity index (χ1) is 11.9. The molecule has 7 heteroatoms. The Balaban J connectivity index is 2.26. The Labute approximate surface area is 165 Å². The second-order valence-electron chi connectivity index (χ2n) is 8.25. The third-order valence-electron chi connectivity index (χ3n) is 5.22. The van der Waals surface area contributed by atoms with Crippen LogP contribution in [0.1, 0.15) is 38.1 Å². The highest BCUT2D eigenvalue weighted by molar-refractivity contribution is 9.09. The van der Waals surface area contributed by atoms with Gasteiger partial charge in [0.1, 0.15) is 6.10 Å². The standard InChI is InChI=1S/C19H29BrO5Si/c1-12-15(24-17(21)13-10-8-7-9-11-13)16(14(20)18(22)23-12)25-26(5,6)19(2,3)4/h7-12,14-16,18,22H,1-6H3/t12-,14-,15-,16-,18+/m1/s1. The molecular weight excluding hydrogens is 416 g/mol. The molecule has 1 heterocycles. The van der Waals surface area contributed by atoms with Crippen molar-refractivity contribution in [2.24, 2.45) is 0 Å². The average Bonchev–Trinajstić information content (AvgIpc) is 2.55. The zero-order chi connectivity index (χ0) is 19.7. The van der Waals surface area contributed by atoms with Crippen LogP contribution in [0.4, 0.5) is 0 Å². The average molecular weight is 445 g/mol. The molecule has 0 saturated carbocycles. The molecule has 0 bridgehead atoms. The summed E-state index contributed by atoms with van der Waals surface area (Å²) >= 11 is 3.48. The molecule has 1 N–H and O–H groups in total. The summed E-state index contributed by atoms with van der Waals surface area (Å²) in [7, 11) is -2.15. The molecule has 0 radical (unpaired) electrons. The van der Waals surface area contributed by atoms with Crippen molar-refractivity contribution >= 4 is 30.2 Å². The zero-order valence-corrected chi connectivity index (χ0v) is 18.8. The molecule has 5 nitrogen and oxygen atoms in total. The fourth-order valence-corrected chi connectivity index (χ4v) is 4.61. The normalized spacial score (nSPS) is 30.1. The molecular formula is C19H29BrO5Si. The number of carbonyl (C=O) groups excluding carboxylic acids is 1. The van der Waals surface area contributed by atoms with Crippen LogP contribution in [-0.4, -0.2) is 48.8 Å². The first-order valence-corrected chi connectivity index (χ1v) is 12.7. The van der Waals surface area contributed by atoms with Crippen LogP contribution in [0, 0.1) is 0 Å². The molecule has 5 atom stereocenters. The van der Waals surface area contributed by atoms with E-state index < -0.39 is 43.7 Å². The van der Waals surface area contributed by atoms with Crippen LogP contribution in [0.3, 0.4) is 0 Å². The van der Waals surface area contributed by atoms with Gasteiger partial charge in [0, 0.05) is 0 Å². The molecule has 0 unspecified atom stereocenters. The highest BCUT2D eigenvalue weighted by Gasteiger charge is 2.50. The maximum atomic E-state index is 12.6. The van der Waals surface area contributed by atoms with Gasteiger partial charge in [-0.05, 0) is 37.2 Å². The smallest absolute Gasteiger partial charge is 0.338 e. The van der Waals surface area contributed by atoms with E-state index in [-0.39, 0.29) is 5.04 Å². The Morgan fingerprint density at radius 3 is 2.31 bits per heavy atom. The summed E-state index contributed by atoms with van der Waals surface area (Å²) in [6, 6.07) is 8.84. The second kappa shape index (κ2) is 8.10. The molecule has 146 valence electrons. The van der Waals surface area contributed by atoms with Crippen molar-refractivity contribution in [3.63, 3.8) is 0 Å². The van der Waals surface area contributed by atoms with E-state index in [4.69, 9.17) is 13.9 Å². The van der Waals surface area contributed by atoms with E-state index in [1.165, 1.54) is 0 Å². The highest BCUT2D eigenvalue weighted by Crippen LogP contribution is 2.40. The predicted octanol–water partition coefficient (Wildman–Crippen LogP) is 4.10. The van der Waals surface area contributed by atoms with Crippen LogP contribution in [0.15, 0.2) is 30.3 Å². The van der Waals surface area contributed by atoms with Gasteiger partial charge in [-0.25, -0.2) is 4.79 Å². The summed E-state index contributed by atoms with van der Waals surface area (Å²) in [5.74, 6) is -0.425. The summed E-state index contributed by atoms with van der Waals surface area (Å²) < 4.78 is 17.8. The van der Waals surface area contributed by atoms with Gasteiger partial charge in [-0.1, -0.05) is 54.9 Å². The second-order valence-corrected chi connectivity index (χ2v) is 14.1. The van der Waals surface area contributed by atoms with Crippen molar-refractivity contribution < 1.29 is 23.8 Å². The van der Waals surface area contributed by atoms with Crippen LogP contribution in [0.2, 0.25) is 18.1 Å². The summed E-state index contributed by atoms with van der Waals surface area (Å²) in [5, 5.41) is 10.2. The fourth-order valence-electron chi connectivity index (χ4n) is 2.56. The topological polar surface area (TPSA) is 65.0 Å². The molecule has 0 amide bonds. The van der Waals surface area contributed by atoms with E-state index in [1.54, 1.807) is 31.2 Å². The summed E-state index contributed by atoms with van der Waals surface area (Å²) in [6.45, 7) is 12.5. The molecule has 1 saturated heterocycles. The lowest BCUT2D eigenvalue weighted by molar-refractivity contribution is -0.218. The Hall–Kier alpha value is -0.733. The molecule has 1 aromatic carbocycles. The number of aliphatic hydroxyl groups excluding tert-OH is 1. The number of alkyl halides is 1. The first-order valence-electron chi connectivity index (χ1n) is 8.85. The molecule has 1 aliphatic rings. The van der Waals surface area contributed by atoms with E-state index >= 15 is 0 Å². The maximum absolute atomic E-state index is 12.6. The predicted molar refractivity (Wildman–Crippen MR) is 107 cm³/mol. The number of ether oxygens (including phenoxy) is 2. The summed E-state index contributed by atoms with van der Waals surface area (Å²) in [4.78, 5) is 12.1. The van der Waals surface area contributed by atoms with Gasteiger partial charge in [0.2, 0.25) is 0 Å². The Morgan fingerprint density at radius 2 is 1.77 bits per heavy atom. The lowest BCUT2D eigenvalue weighted by Gasteiger charge is -2.47. The van der Waals surface area contributed by atoms with E-state index in [2.05, 4.69) is 49.8 Å². The van der Waals surface area contributed by atoms with Gasteiger partial charge < -0.3 is 19.0 Å². The number of hydrogen-bond donors (Lipinski definition) is 1. The summed E-state index contributed by atoms with van der Waals surface area (Å²) in [5.41, 5.74) is 0.475. The third-order valence-corrected chi connectivity index (χ3v) is 10.7. The largest absolute Gasteiger partial charge is 0.453 e. The molecule has 1 aliphatic heterocycles. The van der Waals surface area contributed by atoms with Crippen LogP contribution in [0.25, 0.3) is 0 Å². The summed E-state index contributed by atoms with van der Waals surface area (Å²) in [6.07, 6.45) is -2.63.